The second-order valence-corrected chi connectivity index (χ2v) is 21.6. The van der Waals surface area contributed by atoms with Crippen molar-refractivity contribution in [2.45, 2.75) is 289 Å². The fourth-order valence-corrected chi connectivity index (χ4v) is 9.09. The highest BCUT2D eigenvalue weighted by Gasteiger charge is 2.50. The van der Waals surface area contributed by atoms with Crippen molar-refractivity contribution in [2.24, 2.45) is 0 Å². The van der Waals surface area contributed by atoms with E-state index in [0.29, 0.717) is 19.3 Å². The molecule has 6 atom stereocenters. The highest BCUT2D eigenvalue weighted by atomic mass is 16.7. The summed E-state index contributed by atoms with van der Waals surface area (Å²) in [7, 11) is 0. The van der Waals surface area contributed by atoms with E-state index in [1.807, 2.05) is 0 Å². The number of carboxylic acid groups (broad SMARTS) is 1. The molecule has 1 saturated heterocycles. The third-order valence-corrected chi connectivity index (χ3v) is 14.0. The van der Waals surface area contributed by atoms with Crippen molar-refractivity contribution in [3.8, 4) is 0 Å². The minimum atomic E-state index is -1.92. The third-order valence-electron chi connectivity index (χ3n) is 14.0. The van der Waals surface area contributed by atoms with Crippen LogP contribution >= 0.6 is 0 Å². The number of hydrogen-bond acceptors (Lipinski definition) is 11. The summed E-state index contributed by atoms with van der Waals surface area (Å²) in [5.41, 5.74) is 0. The number of ether oxygens (including phenoxy) is 5. The second-order valence-electron chi connectivity index (χ2n) is 21.6. The van der Waals surface area contributed by atoms with E-state index in [1.54, 1.807) is 0 Å². The Hall–Kier alpha value is -4.88. The molecule has 0 aromatic carbocycles. The topological polar surface area (TPSA) is 175 Å². The van der Waals surface area contributed by atoms with Crippen molar-refractivity contribution in [2.75, 3.05) is 13.2 Å². The van der Waals surface area contributed by atoms with Crippen LogP contribution < -0.4 is 0 Å². The number of carbonyl (C=O) groups excluding carboxylic acids is 3. The van der Waals surface area contributed by atoms with Gasteiger partial charge in [-0.1, -0.05) is 226 Å². The molecule has 6 unspecified atom stereocenters. The third kappa shape index (κ3) is 47.1. The van der Waals surface area contributed by atoms with Crippen LogP contribution in [0, 0.1) is 0 Å². The van der Waals surface area contributed by atoms with Gasteiger partial charge in [0.1, 0.15) is 18.8 Å². The zero-order valence-electron chi connectivity index (χ0n) is 51.9. The number of esters is 3. The summed E-state index contributed by atoms with van der Waals surface area (Å²) in [6, 6.07) is 0. The predicted octanol–water partition coefficient (Wildman–Crippen LogP) is 17.6. The summed E-state index contributed by atoms with van der Waals surface area (Å²) in [5.74, 6) is -3.21. The van der Waals surface area contributed by atoms with Gasteiger partial charge in [0.25, 0.3) is 0 Å². The first-order valence-electron chi connectivity index (χ1n) is 32.5. The Labute approximate surface area is 503 Å². The van der Waals surface area contributed by atoms with E-state index in [-0.39, 0.29) is 25.9 Å². The predicted molar refractivity (Wildman–Crippen MR) is 340 cm³/mol. The van der Waals surface area contributed by atoms with Gasteiger partial charge in [-0.25, -0.2) is 4.79 Å². The number of aliphatic carboxylic acids is 1. The zero-order valence-corrected chi connectivity index (χ0v) is 51.9. The first kappa shape index (κ1) is 76.1. The van der Waals surface area contributed by atoms with Crippen LogP contribution in [0.3, 0.4) is 0 Å². The number of rotatable bonds is 54. The molecule has 0 radical (unpaired) electrons. The summed E-state index contributed by atoms with van der Waals surface area (Å²) in [6.07, 6.45) is 67.2. The van der Waals surface area contributed by atoms with Crippen LogP contribution in [0.1, 0.15) is 252 Å². The maximum absolute atomic E-state index is 13.2. The first-order chi connectivity index (χ1) is 40.6. The van der Waals surface area contributed by atoms with Gasteiger partial charge in [0.2, 0.25) is 0 Å². The average Bonchev–Trinajstić information content (AvgIpc) is 3.59. The van der Waals surface area contributed by atoms with E-state index < -0.39 is 67.3 Å². The maximum Gasteiger partial charge on any atom is 0.335 e. The molecule has 1 aliphatic rings. The number of carbonyl (C=O) groups is 4. The first-order valence-corrected chi connectivity index (χ1v) is 32.5. The molecule has 83 heavy (non-hydrogen) atoms. The van der Waals surface area contributed by atoms with Crippen LogP contribution in [-0.2, 0) is 42.9 Å². The molecule has 0 aliphatic carbocycles. The SMILES string of the molecule is CC/C=C\C/C=C\C/C=C\C/C=C\C/C=C\CCCCCC(=O)OCC(COC1OC(C(=O)O)C(O)C(O)C1OC(=O)CCCCCCCCC/C=C\CCCCCCCC)OC(=O)CCCCCC/C=C\C/C=C\C/C=C\C/C=C\CC. The average molecular weight is 1160 g/mol. The molecule has 12 nitrogen and oxygen atoms in total. The molecule has 12 heteroatoms. The monoisotopic (exact) mass is 1160 g/mol. The number of aliphatic hydroxyl groups is 2. The molecule has 1 fully saturated rings. The normalized spacial score (nSPS) is 18.4. The Balaban J connectivity index is 2.71. The molecule has 470 valence electrons. The van der Waals surface area contributed by atoms with Crippen molar-refractivity contribution in [1.82, 2.24) is 0 Å². The molecule has 1 rings (SSSR count). The van der Waals surface area contributed by atoms with Gasteiger partial charge in [-0.2, -0.15) is 0 Å². The Morgan fingerprint density at radius 2 is 0.759 bits per heavy atom. The van der Waals surface area contributed by atoms with Crippen molar-refractivity contribution >= 4 is 23.9 Å². The minimum Gasteiger partial charge on any atom is -0.479 e. The van der Waals surface area contributed by atoms with E-state index in [1.165, 1.54) is 51.4 Å². The maximum atomic E-state index is 13.2. The Bertz CT molecular complexity index is 1900. The summed E-state index contributed by atoms with van der Waals surface area (Å²) in [5, 5.41) is 31.6. The van der Waals surface area contributed by atoms with Crippen LogP contribution in [0.25, 0.3) is 0 Å². The summed E-state index contributed by atoms with van der Waals surface area (Å²) >= 11 is 0. The number of hydrogen-bond donors (Lipinski definition) is 3. The highest BCUT2D eigenvalue weighted by Crippen LogP contribution is 2.26. The highest BCUT2D eigenvalue weighted by molar-refractivity contribution is 5.74. The Morgan fingerprint density at radius 1 is 0.410 bits per heavy atom. The fraction of sp³-hybridized carbons (Fsp3) is 0.662. The van der Waals surface area contributed by atoms with Crippen LogP contribution in [0.4, 0.5) is 0 Å². The number of aliphatic hydroxyl groups excluding tert-OH is 2. The summed E-state index contributed by atoms with van der Waals surface area (Å²) < 4.78 is 28.5. The molecule has 0 spiro atoms. The Morgan fingerprint density at radius 3 is 1.18 bits per heavy atom. The lowest BCUT2D eigenvalue weighted by Gasteiger charge is -2.40. The smallest absolute Gasteiger partial charge is 0.335 e. The van der Waals surface area contributed by atoms with Gasteiger partial charge >= 0.3 is 23.9 Å². The molecule has 1 aliphatic heterocycles. The lowest BCUT2D eigenvalue weighted by Crippen LogP contribution is -2.61. The van der Waals surface area contributed by atoms with Crippen molar-refractivity contribution < 1.29 is 58.2 Å². The van der Waals surface area contributed by atoms with E-state index >= 15 is 0 Å². The number of carboxylic acids is 1. The molecular weight excluding hydrogens is 1040 g/mol. The summed E-state index contributed by atoms with van der Waals surface area (Å²) in [6.45, 7) is 5.72. The fourth-order valence-electron chi connectivity index (χ4n) is 9.09. The second kappa shape index (κ2) is 57.5. The molecular formula is C71H114O12. The van der Waals surface area contributed by atoms with Gasteiger partial charge in [0.15, 0.2) is 24.6 Å². The summed E-state index contributed by atoms with van der Waals surface area (Å²) in [4.78, 5) is 51.4. The quantitative estimate of drug-likeness (QED) is 0.0228. The van der Waals surface area contributed by atoms with E-state index in [0.717, 1.165) is 141 Å². The minimum absolute atomic E-state index is 0.0435. The molecule has 0 bridgehead atoms. The zero-order chi connectivity index (χ0) is 60.3. The van der Waals surface area contributed by atoms with Crippen molar-refractivity contribution in [1.29, 1.82) is 0 Å². The number of allylic oxidation sites excluding steroid dienone is 20. The van der Waals surface area contributed by atoms with Gasteiger partial charge in [0.05, 0.1) is 6.61 Å². The van der Waals surface area contributed by atoms with E-state index in [9.17, 15) is 34.5 Å². The van der Waals surface area contributed by atoms with Crippen LogP contribution in [-0.4, -0.2) is 89.2 Å². The van der Waals surface area contributed by atoms with Crippen LogP contribution in [0.2, 0.25) is 0 Å². The molecule has 0 aromatic rings. The van der Waals surface area contributed by atoms with Gasteiger partial charge in [-0.15, -0.1) is 0 Å². The van der Waals surface area contributed by atoms with Gasteiger partial charge in [-0.05, 0) is 128 Å². The van der Waals surface area contributed by atoms with E-state index in [2.05, 4.69) is 142 Å². The lowest BCUT2D eigenvalue weighted by atomic mass is 9.98. The van der Waals surface area contributed by atoms with Gasteiger partial charge in [-0.3, -0.25) is 14.4 Å². The standard InChI is InChI=1S/C71H114O12/c1-4-7-10-13-16-19-22-25-28-31-32-35-36-39-42-45-48-51-54-57-63(72)79-60-62(81-64(73)58-55-52-49-46-43-40-37-33-29-26-23-20-17-14-11-8-5-2)61-80-71-69(67(76)66(75)68(83-71)70(77)78)82-65(74)59-56-53-50-47-44-41-38-34-30-27-24-21-18-15-12-9-6-3/h7-8,10-11,16-17,19-20,25-30,32,35,37,39-40,42,62,66-69,71,75-76H,4-6,9,12-15,18,21-24,31,33-34,36,38,41,43-61H2,1-3H3,(H,77,78)/b10-7-,11-8-,19-16-,20-17-,28-25-,29-26-,30-27-,35-32-,40-37-,42-39-. The molecule has 3 N–H and O–H groups in total. The number of unbranched alkanes of at least 4 members (excludes halogenated alkanes) is 20. The van der Waals surface area contributed by atoms with Crippen molar-refractivity contribution in [3.63, 3.8) is 0 Å². The van der Waals surface area contributed by atoms with Gasteiger partial charge in [0, 0.05) is 19.3 Å². The lowest BCUT2D eigenvalue weighted by molar-refractivity contribution is -0.301. The molecule has 0 amide bonds. The Kier molecular flexibility index (Phi) is 52.8. The molecule has 1 heterocycles. The van der Waals surface area contributed by atoms with E-state index in [4.69, 9.17) is 23.7 Å². The van der Waals surface area contributed by atoms with Crippen molar-refractivity contribution in [3.05, 3.63) is 122 Å². The largest absolute Gasteiger partial charge is 0.479 e. The van der Waals surface area contributed by atoms with Crippen LogP contribution in [0.5, 0.6) is 0 Å². The molecule has 0 saturated carbocycles. The van der Waals surface area contributed by atoms with Crippen LogP contribution in [0.15, 0.2) is 122 Å². The van der Waals surface area contributed by atoms with Gasteiger partial charge < -0.3 is 39.0 Å². The molecule has 0 aromatic heterocycles.